The number of benzene rings is 2. The molecule has 2 aromatic rings. The molecule has 0 spiro atoms. The molecule has 3 nitrogen and oxygen atoms in total. The van der Waals surface area contributed by atoms with Crippen LogP contribution < -0.4 is 9.47 Å². The number of aryl methyl sites for hydroxylation is 1. The van der Waals surface area contributed by atoms with E-state index in [1.54, 1.807) is 14.2 Å². The van der Waals surface area contributed by atoms with E-state index in [1.807, 2.05) is 18.2 Å². The summed E-state index contributed by atoms with van der Waals surface area (Å²) in [7, 11) is 7.64. The first-order valence-corrected chi connectivity index (χ1v) is 6.94. The minimum atomic E-state index is 0.898. The average Bonchev–Trinajstić information content (AvgIpc) is 2.46. The normalized spacial score (nSPS) is 11.1. The smallest absolute Gasteiger partial charge is 0.127 e. The lowest BCUT2D eigenvalue weighted by Crippen LogP contribution is -2.13. The number of nitrogens with zero attached hydrogens (tertiary/aromatic N) is 1. The third-order valence-electron chi connectivity index (χ3n) is 3.54. The summed E-state index contributed by atoms with van der Waals surface area (Å²) < 4.78 is 11.0. The Labute approximate surface area is 121 Å². The van der Waals surface area contributed by atoms with Crippen LogP contribution in [0.4, 0.5) is 0 Å². The highest BCUT2D eigenvalue weighted by molar-refractivity contribution is 5.95. The van der Waals surface area contributed by atoms with E-state index in [2.05, 4.69) is 31.1 Å². The molecule has 3 heteroatoms. The molecule has 20 heavy (non-hydrogen) atoms. The molecule has 0 aliphatic carbocycles. The Hall–Kier alpha value is -1.74. The maximum absolute atomic E-state index is 5.53. The third kappa shape index (κ3) is 3.05. The van der Waals surface area contributed by atoms with Crippen molar-refractivity contribution in [2.24, 2.45) is 0 Å². The highest BCUT2D eigenvalue weighted by Gasteiger charge is 2.11. The first-order chi connectivity index (χ1) is 9.67. The van der Waals surface area contributed by atoms with Gasteiger partial charge in [0.25, 0.3) is 0 Å². The van der Waals surface area contributed by atoms with E-state index < -0.39 is 0 Å². The molecule has 0 saturated carbocycles. The first-order valence-electron chi connectivity index (χ1n) is 6.94. The zero-order valence-electron chi connectivity index (χ0n) is 12.8. The molecule has 2 aromatic carbocycles. The van der Waals surface area contributed by atoms with Gasteiger partial charge in [-0.15, -0.1) is 0 Å². The lowest BCUT2D eigenvalue weighted by molar-refractivity contribution is 0.400. The molecule has 0 aliphatic rings. The summed E-state index contributed by atoms with van der Waals surface area (Å²) in [6.07, 6.45) is 2.17. The van der Waals surface area contributed by atoms with E-state index in [0.717, 1.165) is 36.3 Å². The third-order valence-corrected chi connectivity index (χ3v) is 3.54. The van der Waals surface area contributed by atoms with Gasteiger partial charge in [0.2, 0.25) is 0 Å². The highest BCUT2D eigenvalue weighted by Crippen LogP contribution is 2.35. The molecule has 0 bridgehead atoms. The van der Waals surface area contributed by atoms with Crippen molar-refractivity contribution in [3.63, 3.8) is 0 Å². The van der Waals surface area contributed by atoms with Crippen molar-refractivity contribution in [2.45, 2.75) is 12.8 Å². The van der Waals surface area contributed by atoms with Gasteiger partial charge in [-0.25, -0.2) is 0 Å². The molecule has 0 aromatic heterocycles. The van der Waals surface area contributed by atoms with Gasteiger partial charge in [0.05, 0.1) is 14.2 Å². The summed E-state index contributed by atoms with van der Waals surface area (Å²) in [5, 5.41) is 2.29. The topological polar surface area (TPSA) is 21.7 Å². The summed E-state index contributed by atoms with van der Waals surface area (Å²) in [6, 6.07) is 10.3. The van der Waals surface area contributed by atoms with Crippen molar-refractivity contribution in [2.75, 3.05) is 34.9 Å². The van der Waals surface area contributed by atoms with Crippen LogP contribution in [0.15, 0.2) is 30.3 Å². The maximum Gasteiger partial charge on any atom is 0.127 e. The second kappa shape index (κ2) is 6.62. The lowest BCUT2D eigenvalue weighted by atomic mass is 9.99. The molecule has 0 aliphatic heterocycles. The van der Waals surface area contributed by atoms with Gasteiger partial charge in [0.1, 0.15) is 11.5 Å². The minimum absolute atomic E-state index is 0.898. The van der Waals surface area contributed by atoms with E-state index in [0.29, 0.717) is 0 Å². The van der Waals surface area contributed by atoms with E-state index in [1.165, 1.54) is 10.9 Å². The molecule has 0 saturated heterocycles. The molecule has 0 heterocycles. The van der Waals surface area contributed by atoms with E-state index in [-0.39, 0.29) is 0 Å². The summed E-state index contributed by atoms with van der Waals surface area (Å²) in [5.41, 5.74) is 1.32. The maximum atomic E-state index is 5.53. The van der Waals surface area contributed by atoms with Gasteiger partial charge in [0.15, 0.2) is 0 Å². The molecule has 0 fully saturated rings. The number of hydrogen-bond donors (Lipinski definition) is 0. The van der Waals surface area contributed by atoms with Crippen LogP contribution in [0.1, 0.15) is 12.0 Å². The van der Waals surface area contributed by atoms with Gasteiger partial charge in [-0.3, -0.25) is 0 Å². The molecule has 0 amide bonds. The number of hydrogen-bond acceptors (Lipinski definition) is 3. The molecular formula is C17H23NO2. The van der Waals surface area contributed by atoms with Gasteiger partial charge in [0, 0.05) is 10.8 Å². The van der Waals surface area contributed by atoms with Crippen LogP contribution in [0.5, 0.6) is 11.5 Å². The van der Waals surface area contributed by atoms with E-state index in [4.69, 9.17) is 9.47 Å². The summed E-state index contributed by atoms with van der Waals surface area (Å²) in [6.45, 7) is 1.09. The van der Waals surface area contributed by atoms with Crippen LogP contribution >= 0.6 is 0 Å². The second-order valence-corrected chi connectivity index (χ2v) is 5.22. The number of fused-ring (bicyclic) bond motifs is 1. The van der Waals surface area contributed by atoms with Gasteiger partial charge < -0.3 is 14.4 Å². The van der Waals surface area contributed by atoms with Crippen LogP contribution in [-0.2, 0) is 6.42 Å². The lowest BCUT2D eigenvalue weighted by Gasteiger charge is -2.14. The fourth-order valence-electron chi connectivity index (χ4n) is 2.56. The van der Waals surface area contributed by atoms with Crippen LogP contribution in [-0.4, -0.2) is 39.8 Å². The predicted octanol–water partition coefficient (Wildman–Crippen LogP) is 3.35. The predicted molar refractivity (Wildman–Crippen MR) is 83.9 cm³/mol. The summed E-state index contributed by atoms with van der Waals surface area (Å²) >= 11 is 0. The van der Waals surface area contributed by atoms with Crippen molar-refractivity contribution in [3.05, 3.63) is 35.9 Å². The minimum Gasteiger partial charge on any atom is -0.496 e. The fraction of sp³-hybridized carbons (Fsp3) is 0.412. The van der Waals surface area contributed by atoms with Crippen molar-refractivity contribution >= 4 is 10.8 Å². The molecule has 2 rings (SSSR count). The van der Waals surface area contributed by atoms with Gasteiger partial charge in [-0.2, -0.15) is 0 Å². The van der Waals surface area contributed by atoms with Crippen molar-refractivity contribution in [3.8, 4) is 11.5 Å². The number of methoxy groups -OCH3 is 2. The summed E-state index contributed by atoms with van der Waals surface area (Å²) in [4.78, 5) is 2.21. The molecule has 108 valence electrons. The zero-order chi connectivity index (χ0) is 14.5. The van der Waals surface area contributed by atoms with Crippen molar-refractivity contribution < 1.29 is 9.47 Å². The Bertz CT molecular complexity index is 578. The Balaban J connectivity index is 2.43. The van der Waals surface area contributed by atoms with Crippen LogP contribution in [0.25, 0.3) is 10.8 Å². The summed E-state index contributed by atoms with van der Waals surface area (Å²) in [5.74, 6) is 1.82. The largest absolute Gasteiger partial charge is 0.496 e. The number of rotatable bonds is 6. The zero-order valence-corrected chi connectivity index (χ0v) is 12.8. The van der Waals surface area contributed by atoms with Gasteiger partial charge >= 0.3 is 0 Å². The monoisotopic (exact) mass is 273 g/mol. The molecule has 0 atom stereocenters. The van der Waals surface area contributed by atoms with Crippen molar-refractivity contribution in [1.82, 2.24) is 4.90 Å². The Morgan fingerprint density at radius 1 is 0.950 bits per heavy atom. The van der Waals surface area contributed by atoms with Crippen molar-refractivity contribution in [1.29, 1.82) is 0 Å². The van der Waals surface area contributed by atoms with Crippen LogP contribution in [0, 0.1) is 0 Å². The molecule has 0 radical (unpaired) electrons. The Kier molecular flexibility index (Phi) is 4.85. The van der Waals surface area contributed by atoms with Gasteiger partial charge in [-0.05, 0) is 51.2 Å². The standard InChI is InChI=1S/C17H23NO2/c1-18(2)12-6-7-13-10-11-15(19-3)14-8-5-9-16(20-4)17(13)14/h5,8-11H,6-7,12H2,1-4H3. The SMILES string of the molecule is COc1ccc(CCCN(C)C)c2c(OC)cccc12. The molecule has 0 unspecified atom stereocenters. The van der Waals surface area contributed by atoms with E-state index in [9.17, 15) is 0 Å². The van der Waals surface area contributed by atoms with E-state index >= 15 is 0 Å². The van der Waals surface area contributed by atoms with Crippen LogP contribution in [0.3, 0.4) is 0 Å². The highest BCUT2D eigenvalue weighted by atomic mass is 16.5. The van der Waals surface area contributed by atoms with Gasteiger partial charge in [-0.1, -0.05) is 18.2 Å². The first kappa shape index (κ1) is 14.7. The Morgan fingerprint density at radius 3 is 2.35 bits per heavy atom. The fourth-order valence-corrected chi connectivity index (χ4v) is 2.56. The second-order valence-electron chi connectivity index (χ2n) is 5.22. The molecule has 0 N–H and O–H groups in total. The average molecular weight is 273 g/mol. The number of ether oxygens (including phenoxy) is 2. The molecular weight excluding hydrogens is 250 g/mol. The van der Waals surface area contributed by atoms with Crippen LogP contribution in [0.2, 0.25) is 0 Å². The quantitative estimate of drug-likeness (QED) is 0.805. The Morgan fingerprint density at radius 2 is 1.70 bits per heavy atom.